The molecule has 2 rings (SSSR count). The third-order valence-electron chi connectivity index (χ3n) is 7.16. The minimum absolute atomic E-state index is 0.120. The van der Waals surface area contributed by atoms with E-state index in [4.69, 9.17) is 4.74 Å². The van der Waals surface area contributed by atoms with Gasteiger partial charge in [0.15, 0.2) is 11.6 Å². The van der Waals surface area contributed by atoms with E-state index in [0.717, 1.165) is 61.6 Å². The lowest BCUT2D eigenvalue weighted by molar-refractivity contribution is -0.116. The standard InChI is InChI=1S/C36H51N3O3/c1-29(2)35(40)17-14-12-10-8-6-5-7-9-11-13-15-28-42-34-25-23-33(24-26-34)39-38-32-21-19-31(20-22-32)37-27-16-18-36(41)30(3)4/h19-26,37H,1,3,5-18,27-28H2,2,4H3. The molecule has 1 N–H and O–H groups in total. The zero-order valence-corrected chi connectivity index (χ0v) is 26.0. The number of allylic oxidation sites excluding steroid dienone is 2. The molecule has 6 heteroatoms. The van der Waals surface area contributed by atoms with E-state index in [1.54, 1.807) is 13.8 Å². The molecule has 0 spiro atoms. The zero-order valence-electron chi connectivity index (χ0n) is 26.0. The van der Waals surface area contributed by atoms with Gasteiger partial charge in [0.2, 0.25) is 0 Å². The number of hydrogen-bond donors (Lipinski definition) is 1. The van der Waals surface area contributed by atoms with Crippen molar-refractivity contribution in [2.75, 3.05) is 18.5 Å². The Morgan fingerprint density at radius 3 is 1.55 bits per heavy atom. The summed E-state index contributed by atoms with van der Waals surface area (Å²) in [4.78, 5) is 23.1. The fourth-order valence-corrected chi connectivity index (χ4v) is 4.45. The Balaban J connectivity index is 1.48. The topological polar surface area (TPSA) is 80.1 Å². The lowest BCUT2D eigenvalue weighted by Gasteiger charge is -2.07. The first-order chi connectivity index (χ1) is 20.3. The van der Waals surface area contributed by atoms with E-state index in [1.165, 1.54) is 51.4 Å². The largest absolute Gasteiger partial charge is 0.494 e. The number of nitrogens with one attached hydrogen (secondary N) is 1. The minimum Gasteiger partial charge on any atom is -0.494 e. The monoisotopic (exact) mass is 573 g/mol. The number of carbonyl (C=O) groups excluding carboxylic acids is 2. The minimum atomic E-state index is 0.120. The average Bonchev–Trinajstić information content (AvgIpc) is 2.99. The van der Waals surface area contributed by atoms with E-state index in [9.17, 15) is 9.59 Å². The van der Waals surface area contributed by atoms with Crippen molar-refractivity contribution in [3.05, 3.63) is 72.8 Å². The van der Waals surface area contributed by atoms with Gasteiger partial charge in [-0.25, -0.2) is 0 Å². The van der Waals surface area contributed by atoms with E-state index in [1.807, 2.05) is 48.5 Å². The van der Waals surface area contributed by atoms with Crippen LogP contribution in [0.3, 0.4) is 0 Å². The number of rotatable bonds is 24. The molecule has 0 aromatic heterocycles. The van der Waals surface area contributed by atoms with Crippen molar-refractivity contribution < 1.29 is 14.3 Å². The fraction of sp³-hybridized carbons (Fsp3) is 0.500. The highest BCUT2D eigenvalue weighted by Gasteiger charge is 2.03. The summed E-state index contributed by atoms with van der Waals surface area (Å²) in [6.45, 7) is 12.4. The Morgan fingerprint density at radius 1 is 0.619 bits per heavy atom. The maximum absolute atomic E-state index is 11.6. The molecule has 0 aliphatic rings. The number of nitrogens with zero attached hydrogens (tertiary/aromatic N) is 2. The Morgan fingerprint density at radius 2 is 1.05 bits per heavy atom. The SMILES string of the molecule is C=C(C)C(=O)CCCCCCCCCCCCCOc1ccc(N=Nc2ccc(NCCCC(=O)C(=C)C)cc2)cc1. The van der Waals surface area contributed by atoms with Crippen LogP contribution in [0.15, 0.2) is 83.1 Å². The molecule has 0 heterocycles. The van der Waals surface area contributed by atoms with Crippen molar-refractivity contribution in [2.24, 2.45) is 10.2 Å². The van der Waals surface area contributed by atoms with Gasteiger partial charge in [0.1, 0.15) is 5.75 Å². The number of anilines is 1. The van der Waals surface area contributed by atoms with Gasteiger partial charge in [-0.1, -0.05) is 70.9 Å². The molecule has 0 fully saturated rings. The summed E-state index contributed by atoms with van der Waals surface area (Å²) in [6, 6.07) is 15.5. The number of ketones is 2. The van der Waals surface area contributed by atoms with Gasteiger partial charge in [-0.2, -0.15) is 10.2 Å². The lowest BCUT2D eigenvalue weighted by Crippen LogP contribution is -2.05. The van der Waals surface area contributed by atoms with Crippen molar-refractivity contribution in [1.82, 2.24) is 0 Å². The van der Waals surface area contributed by atoms with Crippen LogP contribution in [0, 0.1) is 0 Å². The van der Waals surface area contributed by atoms with Crippen LogP contribution < -0.4 is 10.1 Å². The number of unbranched alkanes of at least 4 members (excludes halogenated alkanes) is 10. The number of carbonyl (C=O) groups is 2. The Kier molecular flexibility index (Phi) is 17.5. The molecule has 2 aromatic rings. The molecule has 0 saturated carbocycles. The summed E-state index contributed by atoms with van der Waals surface area (Å²) < 4.78 is 5.89. The van der Waals surface area contributed by atoms with Gasteiger partial charge in [0.05, 0.1) is 18.0 Å². The van der Waals surface area contributed by atoms with Crippen LogP contribution in [-0.4, -0.2) is 24.7 Å². The van der Waals surface area contributed by atoms with Crippen molar-refractivity contribution in [3.63, 3.8) is 0 Å². The molecule has 0 saturated heterocycles. The first-order valence-corrected chi connectivity index (χ1v) is 15.7. The highest BCUT2D eigenvalue weighted by Crippen LogP contribution is 2.23. The van der Waals surface area contributed by atoms with E-state index in [0.29, 0.717) is 24.0 Å². The molecule has 6 nitrogen and oxygen atoms in total. The fourth-order valence-electron chi connectivity index (χ4n) is 4.45. The van der Waals surface area contributed by atoms with Gasteiger partial charge in [0, 0.05) is 25.1 Å². The number of azo groups is 1. The molecule has 0 amide bonds. The first kappa shape index (κ1) is 34.7. The number of hydrogen-bond acceptors (Lipinski definition) is 6. The van der Waals surface area contributed by atoms with Gasteiger partial charge in [0.25, 0.3) is 0 Å². The molecule has 228 valence electrons. The smallest absolute Gasteiger partial charge is 0.158 e. The van der Waals surface area contributed by atoms with Crippen molar-refractivity contribution in [1.29, 1.82) is 0 Å². The zero-order chi connectivity index (χ0) is 30.4. The average molecular weight is 574 g/mol. The normalized spacial score (nSPS) is 11.0. The second kappa shape index (κ2) is 21.2. The van der Waals surface area contributed by atoms with Crippen molar-refractivity contribution in [3.8, 4) is 5.75 Å². The van der Waals surface area contributed by atoms with Crippen LogP contribution >= 0.6 is 0 Å². The van der Waals surface area contributed by atoms with Gasteiger partial charge in [-0.15, -0.1) is 0 Å². The molecular weight excluding hydrogens is 522 g/mol. The van der Waals surface area contributed by atoms with E-state index in [2.05, 4.69) is 28.7 Å². The van der Waals surface area contributed by atoms with Gasteiger partial charge in [-0.05, 0) is 92.8 Å². The molecular formula is C36H51N3O3. The van der Waals surface area contributed by atoms with Crippen LogP contribution in [0.1, 0.15) is 104 Å². The Hall–Kier alpha value is -3.54. The molecule has 0 aliphatic carbocycles. The highest BCUT2D eigenvalue weighted by molar-refractivity contribution is 5.94. The van der Waals surface area contributed by atoms with Crippen LogP contribution in [-0.2, 0) is 9.59 Å². The molecule has 0 unspecified atom stereocenters. The number of ether oxygens (including phenoxy) is 1. The quantitative estimate of drug-likeness (QED) is 0.0769. The first-order valence-electron chi connectivity index (χ1n) is 15.7. The maximum Gasteiger partial charge on any atom is 0.158 e. The van der Waals surface area contributed by atoms with Crippen LogP contribution in [0.4, 0.5) is 17.1 Å². The molecule has 0 bridgehead atoms. The highest BCUT2D eigenvalue weighted by atomic mass is 16.5. The van der Waals surface area contributed by atoms with E-state index >= 15 is 0 Å². The maximum atomic E-state index is 11.6. The molecule has 2 aromatic carbocycles. The van der Waals surface area contributed by atoms with E-state index < -0.39 is 0 Å². The lowest BCUT2D eigenvalue weighted by atomic mass is 10.0. The molecule has 0 radical (unpaired) electrons. The Labute approximate surface area is 253 Å². The van der Waals surface area contributed by atoms with Crippen molar-refractivity contribution >= 4 is 28.6 Å². The summed E-state index contributed by atoms with van der Waals surface area (Å²) in [6.07, 6.45) is 15.4. The predicted octanol–water partition coefficient (Wildman–Crippen LogP) is 10.6. The summed E-state index contributed by atoms with van der Waals surface area (Å²) in [5.41, 5.74) is 3.86. The van der Waals surface area contributed by atoms with Crippen LogP contribution in [0.25, 0.3) is 0 Å². The summed E-state index contributed by atoms with van der Waals surface area (Å²) in [7, 11) is 0. The summed E-state index contributed by atoms with van der Waals surface area (Å²) in [5, 5.41) is 12.0. The third kappa shape index (κ3) is 16.0. The Bertz CT molecular complexity index is 1120. The second-order valence-corrected chi connectivity index (χ2v) is 11.2. The molecule has 0 atom stereocenters. The van der Waals surface area contributed by atoms with E-state index in [-0.39, 0.29) is 11.6 Å². The summed E-state index contributed by atoms with van der Waals surface area (Å²) >= 11 is 0. The number of benzene rings is 2. The van der Waals surface area contributed by atoms with Gasteiger partial charge >= 0.3 is 0 Å². The predicted molar refractivity (Wildman–Crippen MR) is 175 cm³/mol. The molecule has 0 aliphatic heterocycles. The molecule has 42 heavy (non-hydrogen) atoms. The number of Topliss-reactive ketones (excluding diaryl/α,β-unsaturated/α-hetero) is 2. The second-order valence-electron chi connectivity index (χ2n) is 11.2. The van der Waals surface area contributed by atoms with Crippen molar-refractivity contribution in [2.45, 2.75) is 104 Å². The van der Waals surface area contributed by atoms with Gasteiger partial charge in [-0.3, -0.25) is 9.59 Å². The van der Waals surface area contributed by atoms with Crippen LogP contribution in [0.2, 0.25) is 0 Å². The third-order valence-corrected chi connectivity index (χ3v) is 7.16. The van der Waals surface area contributed by atoms with Crippen LogP contribution in [0.5, 0.6) is 5.75 Å². The van der Waals surface area contributed by atoms with Gasteiger partial charge < -0.3 is 10.1 Å². The summed E-state index contributed by atoms with van der Waals surface area (Å²) in [5.74, 6) is 1.19.